The zero-order valence-corrected chi connectivity index (χ0v) is 13.3. The van der Waals surface area contributed by atoms with E-state index in [1.165, 1.54) is 0 Å². The number of carbonyl (C=O) groups excluding carboxylic acids is 1. The van der Waals surface area contributed by atoms with Crippen molar-refractivity contribution in [1.29, 1.82) is 0 Å². The van der Waals surface area contributed by atoms with Crippen LogP contribution in [0.5, 0.6) is 0 Å². The summed E-state index contributed by atoms with van der Waals surface area (Å²) in [4.78, 5) is 14.3. The van der Waals surface area contributed by atoms with Gasteiger partial charge in [-0.05, 0) is 31.9 Å². The Morgan fingerprint density at radius 2 is 2.23 bits per heavy atom. The fourth-order valence-corrected chi connectivity index (χ4v) is 4.97. The Bertz CT molecular complexity index is 614. The van der Waals surface area contributed by atoms with Crippen LogP contribution in [0.4, 0.5) is 0 Å². The van der Waals surface area contributed by atoms with Crippen LogP contribution >= 0.6 is 0 Å². The number of sulfone groups is 1. The maximum Gasteiger partial charge on any atom is 0.234 e. The Balaban J connectivity index is 1.50. The highest BCUT2D eigenvalue weighted by molar-refractivity contribution is 7.91. The van der Waals surface area contributed by atoms with E-state index in [0.717, 1.165) is 25.9 Å². The van der Waals surface area contributed by atoms with Crippen molar-refractivity contribution in [1.82, 2.24) is 20.0 Å². The molecule has 0 bridgehead atoms. The molecule has 0 aliphatic carbocycles. The lowest BCUT2D eigenvalue weighted by molar-refractivity contribution is -0.123. The number of likely N-dealkylation sites (tertiary alicyclic amines) is 1. The zero-order valence-electron chi connectivity index (χ0n) is 12.5. The normalized spacial score (nSPS) is 28.0. The number of amides is 1. The molecule has 22 heavy (non-hydrogen) atoms. The summed E-state index contributed by atoms with van der Waals surface area (Å²) in [5, 5.41) is 7.07. The van der Waals surface area contributed by atoms with Gasteiger partial charge in [-0.25, -0.2) is 8.42 Å². The molecule has 2 saturated heterocycles. The maximum absolute atomic E-state index is 12.1. The van der Waals surface area contributed by atoms with Gasteiger partial charge in [0.15, 0.2) is 9.84 Å². The highest BCUT2D eigenvalue weighted by atomic mass is 32.2. The van der Waals surface area contributed by atoms with Crippen LogP contribution in [0.15, 0.2) is 18.5 Å². The van der Waals surface area contributed by atoms with Crippen molar-refractivity contribution in [3.05, 3.63) is 18.5 Å². The summed E-state index contributed by atoms with van der Waals surface area (Å²) in [5.41, 5.74) is 0. The van der Waals surface area contributed by atoms with Gasteiger partial charge in [-0.2, -0.15) is 5.10 Å². The Morgan fingerprint density at radius 3 is 2.91 bits per heavy atom. The summed E-state index contributed by atoms with van der Waals surface area (Å²) in [6.07, 6.45) is 6.36. The van der Waals surface area contributed by atoms with Crippen molar-refractivity contribution in [2.45, 2.75) is 37.9 Å². The summed E-state index contributed by atoms with van der Waals surface area (Å²) in [5.74, 6) is 0.188. The molecule has 1 N–H and O–H groups in total. The van der Waals surface area contributed by atoms with E-state index >= 15 is 0 Å². The van der Waals surface area contributed by atoms with E-state index in [9.17, 15) is 13.2 Å². The summed E-state index contributed by atoms with van der Waals surface area (Å²) in [6, 6.07) is 2.00. The molecular weight excluding hydrogens is 304 g/mol. The van der Waals surface area contributed by atoms with Gasteiger partial charge < -0.3 is 5.32 Å². The van der Waals surface area contributed by atoms with Crippen LogP contribution in [0.1, 0.15) is 19.3 Å². The van der Waals surface area contributed by atoms with Crippen molar-refractivity contribution < 1.29 is 13.2 Å². The highest BCUT2D eigenvalue weighted by Gasteiger charge is 2.31. The number of rotatable bonds is 5. The predicted molar refractivity (Wildman–Crippen MR) is 82.0 cm³/mol. The molecule has 0 saturated carbocycles. The average molecular weight is 326 g/mol. The van der Waals surface area contributed by atoms with Crippen LogP contribution in [0.3, 0.4) is 0 Å². The van der Waals surface area contributed by atoms with Gasteiger partial charge in [-0.1, -0.05) is 0 Å². The standard InChI is InChI=1S/C14H22N4O3S/c19-14(16-12-4-8-22(20,21)11-12)10-17-6-1-3-13(17)9-18-7-2-5-15-18/h2,5,7,12-13H,1,3-4,6,8-11H2,(H,16,19)/t12-,13-/m0/s1. The van der Waals surface area contributed by atoms with Crippen molar-refractivity contribution in [2.24, 2.45) is 0 Å². The molecule has 3 heterocycles. The molecule has 1 aromatic heterocycles. The minimum Gasteiger partial charge on any atom is -0.351 e. The first-order chi connectivity index (χ1) is 10.5. The molecule has 0 radical (unpaired) electrons. The molecule has 2 fully saturated rings. The van der Waals surface area contributed by atoms with Gasteiger partial charge in [0.1, 0.15) is 0 Å². The van der Waals surface area contributed by atoms with Gasteiger partial charge in [0, 0.05) is 24.5 Å². The first kappa shape index (κ1) is 15.5. The lowest BCUT2D eigenvalue weighted by Crippen LogP contribution is -2.45. The highest BCUT2D eigenvalue weighted by Crippen LogP contribution is 2.18. The monoisotopic (exact) mass is 326 g/mol. The van der Waals surface area contributed by atoms with Crippen LogP contribution < -0.4 is 5.32 Å². The second-order valence-electron chi connectivity index (χ2n) is 6.16. The van der Waals surface area contributed by atoms with E-state index in [1.807, 2.05) is 16.9 Å². The molecule has 7 nitrogen and oxygen atoms in total. The molecule has 0 spiro atoms. The van der Waals surface area contributed by atoms with Crippen molar-refractivity contribution in [2.75, 3.05) is 24.6 Å². The molecule has 1 amide bonds. The lowest BCUT2D eigenvalue weighted by atomic mass is 10.2. The number of carbonyl (C=O) groups is 1. The third-order valence-electron chi connectivity index (χ3n) is 4.40. The van der Waals surface area contributed by atoms with Crippen LogP contribution in [-0.4, -0.2) is 65.7 Å². The molecule has 2 aliphatic rings. The van der Waals surface area contributed by atoms with Crippen molar-refractivity contribution in [3.63, 3.8) is 0 Å². The van der Waals surface area contributed by atoms with E-state index in [0.29, 0.717) is 19.0 Å². The number of hydrogen-bond donors (Lipinski definition) is 1. The van der Waals surface area contributed by atoms with Crippen LogP contribution in [0.25, 0.3) is 0 Å². The van der Waals surface area contributed by atoms with Crippen molar-refractivity contribution in [3.8, 4) is 0 Å². The van der Waals surface area contributed by atoms with Gasteiger partial charge >= 0.3 is 0 Å². The van der Waals surface area contributed by atoms with Gasteiger partial charge in [0.2, 0.25) is 5.91 Å². The predicted octanol–water partition coefficient (Wildman–Crippen LogP) is -0.349. The van der Waals surface area contributed by atoms with E-state index < -0.39 is 9.84 Å². The molecule has 2 aliphatic heterocycles. The van der Waals surface area contributed by atoms with E-state index in [1.54, 1.807) is 6.20 Å². The average Bonchev–Trinajstić information content (AvgIpc) is 3.14. The first-order valence-electron chi connectivity index (χ1n) is 7.73. The van der Waals surface area contributed by atoms with E-state index in [-0.39, 0.29) is 23.5 Å². The molecule has 3 rings (SSSR count). The smallest absolute Gasteiger partial charge is 0.234 e. The summed E-state index contributed by atoms with van der Waals surface area (Å²) >= 11 is 0. The first-order valence-corrected chi connectivity index (χ1v) is 9.55. The maximum atomic E-state index is 12.1. The SMILES string of the molecule is O=C(CN1CCC[C@H]1Cn1cccn1)N[C@H]1CCS(=O)(=O)C1. The van der Waals surface area contributed by atoms with Gasteiger partial charge in [-0.3, -0.25) is 14.4 Å². The molecular formula is C14H22N4O3S. The van der Waals surface area contributed by atoms with Gasteiger partial charge in [-0.15, -0.1) is 0 Å². The molecule has 1 aromatic rings. The van der Waals surface area contributed by atoms with Gasteiger partial charge in [0.05, 0.1) is 24.6 Å². The second kappa shape index (κ2) is 6.37. The quantitative estimate of drug-likeness (QED) is 0.800. The third-order valence-corrected chi connectivity index (χ3v) is 6.17. The van der Waals surface area contributed by atoms with E-state index in [2.05, 4.69) is 15.3 Å². The molecule has 8 heteroatoms. The minimum atomic E-state index is -2.95. The van der Waals surface area contributed by atoms with Gasteiger partial charge in [0.25, 0.3) is 0 Å². The van der Waals surface area contributed by atoms with Crippen molar-refractivity contribution >= 4 is 15.7 Å². The molecule has 122 valence electrons. The Morgan fingerprint density at radius 1 is 1.36 bits per heavy atom. The topological polar surface area (TPSA) is 84.3 Å². The minimum absolute atomic E-state index is 0.0746. The number of aromatic nitrogens is 2. The fourth-order valence-electron chi connectivity index (χ4n) is 3.30. The second-order valence-corrected chi connectivity index (χ2v) is 8.39. The molecule has 0 unspecified atom stereocenters. The molecule has 0 aromatic carbocycles. The largest absolute Gasteiger partial charge is 0.351 e. The summed E-state index contributed by atoms with van der Waals surface area (Å²) < 4.78 is 24.7. The Labute approximate surface area is 130 Å². The van der Waals surface area contributed by atoms with E-state index in [4.69, 9.17) is 0 Å². The summed E-state index contributed by atoms with van der Waals surface area (Å²) in [7, 11) is -2.95. The molecule has 2 atom stereocenters. The summed E-state index contributed by atoms with van der Waals surface area (Å²) in [6.45, 7) is 2.03. The number of nitrogens with zero attached hydrogens (tertiary/aromatic N) is 3. The number of hydrogen-bond acceptors (Lipinski definition) is 5. The fraction of sp³-hybridized carbons (Fsp3) is 0.714. The van der Waals surface area contributed by atoms with Crippen LogP contribution in [0, 0.1) is 0 Å². The lowest BCUT2D eigenvalue weighted by Gasteiger charge is -2.24. The number of nitrogens with one attached hydrogen (secondary N) is 1. The van der Waals surface area contributed by atoms with Crippen LogP contribution in [-0.2, 0) is 21.2 Å². The third kappa shape index (κ3) is 3.86. The zero-order chi connectivity index (χ0) is 15.6. The Hall–Kier alpha value is -1.41. The Kier molecular flexibility index (Phi) is 4.49. The van der Waals surface area contributed by atoms with Crippen LogP contribution in [0.2, 0.25) is 0 Å².